The summed E-state index contributed by atoms with van der Waals surface area (Å²) in [6.45, 7) is 2.66. The average molecular weight is 473 g/mol. The van der Waals surface area contributed by atoms with Gasteiger partial charge < -0.3 is 19.9 Å². The molecule has 0 bridgehead atoms. The van der Waals surface area contributed by atoms with E-state index in [0.717, 1.165) is 46.8 Å². The minimum absolute atomic E-state index is 0.723. The van der Waals surface area contributed by atoms with Crippen molar-refractivity contribution in [3.63, 3.8) is 0 Å². The first-order valence-corrected chi connectivity index (χ1v) is 9.15. The maximum Gasteiger partial charge on any atom is 0.490 e. The highest BCUT2D eigenvalue weighted by atomic mass is 79.9. The fraction of sp³-hybridized carbons (Fsp3) is 0.294. The van der Waals surface area contributed by atoms with Gasteiger partial charge in [-0.2, -0.15) is 13.2 Å². The number of aromatic nitrogens is 4. The van der Waals surface area contributed by atoms with Crippen molar-refractivity contribution in [2.24, 2.45) is 0 Å². The molecule has 3 aromatic heterocycles. The molecule has 0 fully saturated rings. The molecule has 8 nitrogen and oxygen atoms in total. The van der Waals surface area contributed by atoms with E-state index in [2.05, 4.69) is 58.8 Å². The third-order valence-corrected chi connectivity index (χ3v) is 4.60. The summed E-state index contributed by atoms with van der Waals surface area (Å²) in [6, 6.07) is 4.05. The lowest BCUT2D eigenvalue weighted by Crippen LogP contribution is -2.39. The first-order chi connectivity index (χ1) is 13.6. The quantitative estimate of drug-likeness (QED) is 0.590. The highest BCUT2D eigenvalue weighted by molar-refractivity contribution is 9.10. The number of pyridine rings is 2. The van der Waals surface area contributed by atoms with Crippen LogP contribution in [-0.4, -0.2) is 57.3 Å². The second-order valence-electron chi connectivity index (χ2n) is 6.22. The summed E-state index contributed by atoms with van der Waals surface area (Å²) in [7, 11) is 2.11. The number of H-pyrrole nitrogens is 1. The fourth-order valence-corrected chi connectivity index (χ4v) is 3.13. The number of anilines is 2. The van der Waals surface area contributed by atoms with Crippen molar-refractivity contribution in [3.8, 4) is 0 Å². The molecule has 0 radical (unpaired) electrons. The van der Waals surface area contributed by atoms with E-state index in [9.17, 15) is 13.2 Å². The number of alkyl halides is 3. The number of nitrogens with zero attached hydrogens (tertiary/aromatic N) is 5. The lowest BCUT2D eigenvalue weighted by atomic mass is 10.2. The van der Waals surface area contributed by atoms with E-state index < -0.39 is 12.1 Å². The maximum atomic E-state index is 10.6. The van der Waals surface area contributed by atoms with Gasteiger partial charge in [-0.3, -0.25) is 4.98 Å². The zero-order valence-electron chi connectivity index (χ0n) is 15.1. The fourth-order valence-electron chi connectivity index (χ4n) is 2.80. The number of aromatic amines is 1. The van der Waals surface area contributed by atoms with Crippen LogP contribution in [0.15, 0.2) is 35.2 Å². The molecule has 0 saturated carbocycles. The zero-order valence-corrected chi connectivity index (χ0v) is 16.7. The Morgan fingerprint density at radius 1 is 1.31 bits per heavy atom. The van der Waals surface area contributed by atoms with Gasteiger partial charge in [0, 0.05) is 37.0 Å². The molecule has 3 aromatic rings. The number of nitrogens with one attached hydrogen (secondary N) is 1. The third kappa shape index (κ3) is 4.94. The number of halogens is 4. The van der Waals surface area contributed by atoms with Crippen molar-refractivity contribution in [2.45, 2.75) is 12.7 Å². The van der Waals surface area contributed by atoms with Gasteiger partial charge in [-0.15, -0.1) is 0 Å². The Kier molecular flexibility index (Phi) is 5.91. The Morgan fingerprint density at radius 3 is 2.72 bits per heavy atom. The van der Waals surface area contributed by atoms with Crippen LogP contribution in [0.2, 0.25) is 0 Å². The van der Waals surface area contributed by atoms with E-state index in [1.807, 2.05) is 18.5 Å². The van der Waals surface area contributed by atoms with Gasteiger partial charge in [0.05, 0.1) is 29.6 Å². The van der Waals surface area contributed by atoms with Crippen LogP contribution in [0.4, 0.5) is 24.5 Å². The van der Waals surface area contributed by atoms with Crippen LogP contribution in [0.3, 0.4) is 0 Å². The highest BCUT2D eigenvalue weighted by Crippen LogP contribution is 2.31. The normalized spacial score (nSPS) is 13.7. The number of aliphatic carboxylic acids is 1. The summed E-state index contributed by atoms with van der Waals surface area (Å²) in [4.78, 5) is 30.0. The number of hydrogen-bond acceptors (Lipinski definition) is 6. The Morgan fingerprint density at radius 2 is 2.03 bits per heavy atom. The molecule has 1 aliphatic rings. The molecular formula is C17H16BrF3N6O2. The van der Waals surface area contributed by atoms with Crippen LogP contribution >= 0.6 is 15.9 Å². The third-order valence-electron chi connectivity index (χ3n) is 4.17. The molecule has 0 aromatic carbocycles. The van der Waals surface area contributed by atoms with Crippen LogP contribution in [0.5, 0.6) is 0 Å². The summed E-state index contributed by atoms with van der Waals surface area (Å²) in [5, 5.41) is 7.12. The van der Waals surface area contributed by atoms with Gasteiger partial charge in [-0.25, -0.2) is 14.8 Å². The van der Waals surface area contributed by atoms with Gasteiger partial charge in [-0.1, -0.05) is 0 Å². The number of carboxylic acids is 1. The monoisotopic (exact) mass is 472 g/mol. The second kappa shape index (κ2) is 8.23. The molecule has 0 amide bonds. The predicted molar refractivity (Wildman–Crippen MR) is 104 cm³/mol. The van der Waals surface area contributed by atoms with Gasteiger partial charge in [0.1, 0.15) is 5.82 Å². The highest BCUT2D eigenvalue weighted by Gasteiger charge is 2.38. The van der Waals surface area contributed by atoms with Crippen LogP contribution in [-0.2, 0) is 11.3 Å². The summed E-state index contributed by atoms with van der Waals surface area (Å²) in [5.74, 6) is -1.84. The van der Waals surface area contributed by atoms with E-state index in [1.54, 1.807) is 6.20 Å². The van der Waals surface area contributed by atoms with Crippen molar-refractivity contribution in [2.75, 3.05) is 29.9 Å². The SMILES string of the molecule is CN1CCN(Cc2nc3ncc(Br)cc3[nH]2)c2cnccc21.O=C(O)C(F)(F)F. The number of hydrogen-bond donors (Lipinski definition) is 2. The average Bonchev–Trinajstić information content (AvgIpc) is 3.05. The smallest absolute Gasteiger partial charge is 0.475 e. The molecular weight excluding hydrogens is 457 g/mol. The number of rotatable bonds is 2. The molecule has 12 heteroatoms. The van der Waals surface area contributed by atoms with Crippen molar-refractivity contribution < 1.29 is 23.1 Å². The molecule has 29 heavy (non-hydrogen) atoms. The second-order valence-corrected chi connectivity index (χ2v) is 7.13. The summed E-state index contributed by atoms with van der Waals surface area (Å²) < 4.78 is 32.7. The summed E-state index contributed by atoms with van der Waals surface area (Å²) in [5.41, 5.74) is 4.05. The zero-order chi connectivity index (χ0) is 21.2. The minimum Gasteiger partial charge on any atom is -0.475 e. The van der Waals surface area contributed by atoms with Crippen LogP contribution < -0.4 is 9.80 Å². The van der Waals surface area contributed by atoms with Gasteiger partial charge in [0.25, 0.3) is 0 Å². The topological polar surface area (TPSA) is 98.2 Å². The van der Waals surface area contributed by atoms with Crippen LogP contribution in [0.25, 0.3) is 11.2 Å². The lowest BCUT2D eigenvalue weighted by Gasteiger charge is -2.36. The van der Waals surface area contributed by atoms with Crippen molar-refractivity contribution in [3.05, 3.63) is 41.0 Å². The van der Waals surface area contributed by atoms with E-state index in [4.69, 9.17) is 9.90 Å². The van der Waals surface area contributed by atoms with Gasteiger partial charge in [-0.05, 0) is 28.1 Å². The van der Waals surface area contributed by atoms with Gasteiger partial charge in [0.2, 0.25) is 0 Å². The molecule has 1 aliphatic heterocycles. The van der Waals surface area contributed by atoms with Crippen molar-refractivity contribution in [1.82, 2.24) is 19.9 Å². The van der Waals surface area contributed by atoms with Crippen molar-refractivity contribution in [1.29, 1.82) is 0 Å². The number of carbonyl (C=O) groups is 1. The Hall–Kier alpha value is -2.89. The lowest BCUT2D eigenvalue weighted by molar-refractivity contribution is -0.192. The molecule has 154 valence electrons. The predicted octanol–water partition coefficient (Wildman–Crippen LogP) is 3.21. The molecule has 0 atom stereocenters. The Balaban J connectivity index is 0.000000298. The van der Waals surface area contributed by atoms with Crippen molar-refractivity contribution >= 4 is 44.4 Å². The first-order valence-electron chi connectivity index (χ1n) is 8.35. The largest absolute Gasteiger partial charge is 0.490 e. The van der Waals surface area contributed by atoms with Gasteiger partial charge in [0.15, 0.2) is 5.65 Å². The summed E-state index contributed by atoms with van der Waals surface area (Å²) >= 11 is 3.43. The number of fused-ring (bicyclic) bond motifs is 2. The van der Waals surface area contributed by atoms with E-state index in [0.29, 0.717) is 0 Å². The number of imidazole rings is 1. The first kappa shape index (κ1) is 20.8. The Labute approximate surface area is 171 Å². The molecule has 4 rings (SSSR count). The standard InChI is InChI=1S/C15H15BrN6.C2HF3O2/c1-21-4-5-22(13-8-17-3-2-12(13)21)9-14-19-11-6-10(16)7-18-15(11)20-14;3-2(4,5)1(6)7/h2-3,6-8H,4-5,9H2,1H3,(H,18,19,20);(H,6,7). The van der Waals surface area contributed by atoms with E-state index in [1.165, 1.54) is 5.69 Å². The molecule has 4 heterocycles. The number of carboxylic acid groups (broad SMARTS) is 1. The minimum atomic E-state index is -5.08. The molecule has 0 aliphatic carbocycles. The molecule has 0 saturated heterocycles. The van der Waals surface area contributed by atoms with Crippen LogP contribution in [0, 0.1) is 0 Å². The number of likely N-dealkylation sites (N-methyl/N-ethyl adjacent to an activating group) is 1. The molecule has 0 spiro atoms. The van der Waals surface area contributed by atoms with E-state index >= 15 is 0 Å². The summed E-state index contributed by atoms with van der Waals surface area (Å²) in [6.07, 6.45) is 0.436. The molecule has 2 N–H and O–H groups in total. The Bertz CT molecular complexity index is 1030. The van der Waals surface area contributed by atoms with Gasteiger partial charge >= 0.3 is 12.1 Å². The van der Waals surface area contributed by atoms with Crippen LogP contribution in [0.1, 0.15) is 5.82 Å². The molecule has 0 unspecified atom stereocenters. The maximum absolute atomic E-state index is 10.6. The van der Waals surface area contributed by atoms with E-state index in [-0.39, 0.29) is 0 Å².